The first-order valence-corrected chi connectivity index (χ1v) is 7.54. The minimum atomic E-state index is 0.906. The van der Waals surface area contributed by atoms with Crippen LogP contribution in [0.15, 0.2) is 39.9 Å². The molecule has 0 unspecified atom stereocenters. The average Bonchev–Trinajstić information content (AvgIpc) is 2.61. The number of hydrogen-bond donors (Lipinski definition) is 5. The number of thiophene rings is 2. The summed E-state index contributed by atoms with van der Waals surface area (Å²) in [5.74, 6) is 0. The van der Waals surface area contributed by atoms with Crippen LogP contribution >= 0.6 is 85.8 Å². The zero-order chi connectivity index (χ0) is 11.4. The maximum atomic E-state index is 4.11. The van der Waals surface area contributed by atoms with Gasteiger partial charge in [-0.3, -0.25) is 0 Å². The largest absolute Gasteiger partial charge is 0.141 e. The van der Waals surface area contributed by atoms with Crippen molar-refractivity contribution < 1.29 is 0 Å². The van der Waals surface area contributed by atoms with Crippen LogP contribution in [0, 0.1) is 0 Å². The molecule has 2 rings (SSSR count). The molecule has 0 amide bonds. The fraction of sp³-hybridized carbons (Fsp3) is 0. The third-order valence-electron chi connectivity index (χ3n) is 1.26. The molecule has 15 heavy (non-hydrogen) atoms. The summed E-state index contributed by atoms with van der Waals surface area (Å²) in [6.07, 6.45) is 0. The second-order valence-electron chi connectivity index (χ2n) is 2.39. The van der Waals surface area contributed by atoms with E-state index in [4.69, 9.17) is 0 Å². The summed E-state index contributed by atoms with van der Waals surface area (Å²) >= 11 is 23.6. The highest BCUT2D eigenvalue weighted by atomic mass is 32.2. The Bertz CT molecular complexity index is 392. The van der Waals surface area contributed by atoms with Crippen LogP contribution in [0.2, 0.25) is 0 Å². The van der Waals surface area contributed by atoms with Gasteiger partial charge in [-0.1, -0.05) is 0 Å². The van der Waals surface area contributed by atoms with Crippen molar-refractivity contribution >= 4 is 85.8 Å². The van der Waals surface area contributed by atoms with Gasteiger partial charge in [0.05, 0.1) is 16.8 Å². The summed E-state index contributed by atoms with van der Waals surface area (Å²) in [5.41, 5.74) is 0. The first-order valence-electron chi connectivity index (χ1n) is 3.67. The van der Waals surface area contributed by atoms with E-state index in [1.807, 2.05) is 18.2 Å². The Hall–Kier alpha value is 1.15. The van der Waals surface area contributed by atoms with Crippen molar-refractivity contribution in [3.05, 3.63) is 18.2 Å². The predicted octanol–water partition coefficient (Wildman–Crippen LogP) is 4.94. The standard InChI is InChI=1S/C4H4S4.C4H4S3/c5-2-1-3(6)8-4(2)7;5-3-1-2-4(6)7-3/h1,5-7H;1-2,5-6H. The molecule has 0 radical (unpaired) electrons. The lowest BCUT2D eigenvalue weighted by atomic mass is 10.7. The summed E-state index contributed by atoms with van der Waals surface area (Å²) in [5, 5.41) is 0. The monoisotopic (exact) mass is 328 g/mol. The molecule has 0 bridgehead atoms. The zero-order valence-corrected chi connectivity index (χ0v) is 13.4. The highest BCUT2D eigenvalue weighted by Gasteiger charge is 1.96. The summed E-state index contributed by atoms with van der Waals surface area (Å²) in [4.78, 5) is 0.906. The van der Waals surface area contributed by atoms with Gasteiger partial charge in [0.2, 0.25) is 0 Å². The number of thiol groups is 5. The van der Waals surface area contributed by atoms with Crippen LogP contribution in [-0.4, -0.2) is 0 Å². The van der Waals surface area contributed by atoms with E-state index in [0.29, 0.717) is 0 Å². The van der Waals surface area contributed by atoms with Crippen LogP contribution in [0.4, 0.5) is 0 Å². The molecule has 0 nitrogen and oxygen atoms in total. The van der Waals surface area contributed by atoms with Crippen molar-refractivity contribution in [1.29, 1.82) is 0 Å². The van der Waals surface area contributed by atoms with Gasteiger partial charge in [0.25, 0.3) is 0 Å². The van der Waals surface area contributed by atoms with Gasteiger partial charge in [-0.25, -0.2) is 0 Å². The Morgan fingerprint density at radius 3 is 1.40 bits per heavy atom. The minimum Gasteiger partial charge on any atom is -0.141 e. The van der Waals surface area contributed by atoms with Crippen molar-refractivity contribution in [2.24, 2.45) is 0 Å². The predicted molar refractivity (Wildman–Crippen MR) is 84.9 cm³/mol. The lowest BCUT2D eigenvalue weighted by Crippen LogP contribution is -1.48. The van der Waals surface area contributed by atoms with Crippen molar-refractivity contribution in [2.45, 2.75) is 21.7 Å². The average molecular weight is 329 g/mol. The summed E-state index contributed by atoms with van der Waals surface area (Å²) in [7, 11) is 0. The zero-order valence-electron chi connectivity index (χ0n) is 7.28. The number of hydrogen-bond acceptors (Lipinski definition) is 7. The van der Waals surface area contributed by atoms with Gasteiger partial charge < -0.3 is 0 Å². The lowest BCUT2D eigenvalue weighted by molar-refractivity contribution is 1.40. The highest BCUT2D eigenvalue weighted by molar-refractivity contribution is 7.87. The van der Waals surface area contributed by atoms with E-state index in [1.165, 1.54) is 11.3 Å². The SMILES string of the molecule is Sc1cc(S)c(S)s1.Sc1ccc(S)s1. The van der Waals surface area contributed by atoms with Crippen LogP contribution in [-0.2, 0) is 0 Å². The molecule has 0 spiro atoms. The lowest BCUT2D eigenvalue weighted by Gasteiger charge is -1.77. The molecule has 0 saturated carbocycles. The van der Waals surface area contributed by atoms with E-state index in [-0.39, 0.29) is 0 Å². The van der Waals surface area contributed by atoms with Crippen LogP contribution in [0.25, 0.3) is 0 Å². The summed E-state index contributed by atoms with van der Waals surface area (Å²) in [6, 6.07) is 5.73. The first-order chi connectivity index (χ1) is 6.99. The molecule has 2 aromatic heterocycles. The van der Waals surface area contributed by atoms with E-state index in [2.05, 4.69) is 63.1 Å². The molecule has 0 N–H and O–H groups in total. The molecule has 0 atom stereocenters. The number of rotatable bonds is 0. The fourth-order valence-corrected chi connectivity index (χ4v) is 4.09. The normalized spacial score (nSPS) is 9.67. The second-order valence-corrected chi connectivity index (χ2v) is 8.11. The third-order valence-corrected chi connectivity index (χ3v) is 5.13. The maximum absolute atomic E-state index is 4.11. The van der Waals surface area contributed by atoms with Gasteiger partial charge in [-0.2, -0.15) is 0 Å². The molecule has 0 saturated heterocycles. The van der Waals surface area contributed by atoms with Crippen LogP contribution in [0.3, 0.4) is 0 Å². The molecule has 82 valence electrons. The molecular weight excluding hydrogens is 321 g/mol. The maximum Gasteiger partial charge on any atom is 0.0713 e. The molecule has 0 aromatic carbocycles. The summed E-state index contributed by atoms with van der Waals surface area (Å²) < 4.78 is 3.92. The minimum absolute atomic E-state index is 0.906. The highest BCUT2D eigenvalue weighted by Crippen LogP contribution is 2.30. The molecule has 2 aromatic rings. The van der Waals surface area contributed by atoms with Crippen molar-refractivity contribution in [2.75, 3.05) is 0 Å². The Morgan fingerprint density at radius 1 is 0.733 bits per heavy atom. The van der Waals surface area contributed by atoms with Crippen LogP contribution in [0.5, 0.6) is 0 Å². The van der Waals surface area contributed by atoms with Gasteiger partial charge >= 0.3 is 0 Å². The van der Waals surface area contributed by atoms with E-state index >= 15 is 0 Å². The summed E-state index contributed by atoms with van der Waals surface area (Å²) in [6.45, 7) is 0. The van der Waals surface area contributed by atoms with Gasteiger partial charge in [-0.15, -0.1) is 85.8 Å². The molecular formula is C8H8S7. The molecule has 7 heteroatoms. The topological polar surface area (TPSA) is 0 Å². The molecule has 2 heterocycles. The van der Waals surface area contributed by atoms with E-state index in [9.17, 15) is 0 Å². The van der Waals surface area contributed by atoms with E-state index < -0.39 is 0 Å². The van der Waals surface area contributed by atoms with Crippen molar-refractivity contribution in [3.8, 4) is 0 Å². The van der Waals surface area contributed by atoms with Crippen LogP contribution < -0.4 is 0 Å². The molecule has 0 aliphatic rings. The van der Waals surface area contributed by atoms with Gasteiger partial charge in [0.15, 0.2) is 0 Å². The Morgan fingerprint density at radius 2 is 1.27 bits per heavy atom. The smallest absolute Gasteiger partial charge is 0.0713 e. The second kappa shape index (κ2) is 6.78. The molecule has 0 fully saturated rings. The van der Waals surface area contributed by atoms with Crippen molar-refractivity contribution in [1.82, 2.24) is 0 Å². The van der Waals surface area contributed by atoms with E-state index in [1.54, 1.807) is 11.3 Å². The first kappa shape index (κ1) is 14.2. The van der Waals surface area contributed by atoms with E-state index in [0.717, 1.165) is 21.7 Å². The van der Waals surface area contributed by atoms with Gasteiger partial charge in [-0.05, 0) is 18.2 Å². The Labute approximate surface area is 125 Å². The quantitative estimate of drug-likeness (QED) is 0.416. The Kier molecular flexibility index (Phi) is 6.42. The Balaban J connectivity index is 0.000000151. The fourth-order valence-electron chi connectivity index (χ4n) is 0.677. The molecule has 0 aliphatic heterocycles. The van der Waals surface area contributed by atoms with Gasteiger partial charge in [0.1, 0.15) is 0 Å². The van der Waals surface area contributed by atoms with Gasteiger partial charge in [0, 0.05) is 4.90 Å². The third kappa shape index (κ3) is 5.34. The molecule has 0 aliphatic carbocycles. The van der Waals surface area contributed by atoms with Crippen molar-refractivity contribution in [3.63, 3.8) is 0 Å². The van der Waals surface area contributed by atoms with Crippen LogP contribution in [0.1, 0.15) is 0 Å².